The highest BCUT2D eigenvalue weighted by molar-refractivity contribution is 5.86. The Morgan fingerprint density at radius 2 is 1.93 bits per heavy atom. The molecule has 0 amide bonds. The van der Waals surface area contributed by atoms with E-state index in [0.717, 1.165) is 19.3 Å². The number of rotatable bonds is 8. The van der Waals surface area contributed by atoms with Gasteiger partial charge in [0.2, 0.25) is 6.36 Å². The lowest BCUT2D eigenvalue weighted by molar-refractivity contribution is -0.153. The van der Waals surface area contributed by atoms with E-state index >= 15 is 0 Å². The highest BCUT2D eigenvalue weighted by atomic mass is 19.1. The predicted molar refractivity (Wildman–Crippen MR) is 59.2 cm³/mol. The number of hydrogen-bond donors (Lipinski definition) is 0. The summed E-state index contributed by atoms with van der Waals surface area (Å²) in [7, 11) is 0. The first kappa shape index (κ1) is 14.1. The molecule has 0 aliphatic rings. The topological polar surface area (TPSA) is 26.3 Å². The lowest BCUT2D eigenvalue weighted by atomic mass is 10.1. The maximum absolute atomic E-state index is 13.0. The van der Waals surface area contributed by atoms with Gasteiger partial charge in [-0.15, -0.1) is 0 Å². The monoisotopic (exact) mass is 216 g/mol. The fourth-order valence-corrected chi connectivity index (χ4v) is 1.18. The Morgan fingerprint density at radius 1 is 1.33 bits per heavy atom. The number of halogens is 1. The maximum atomic E-state index is 13.0. The molecule has 1 atom stereocenters. The quantitative estimate of drug-likeness (QED) is 0.351. The number of carbonyl (C=O) groups excluding carboxylic acids is 1. The third-order valence-corrected chi connectivity index (χ3v) is 2.12. The Hall–Kier alpha value is -0.860. The van der Waals surface area contributed by atoms with Gasteiger partial charge in [0.25, 0.3) is 0 Å². The predicted octanol–water partition coefficient (Wildman–Crippen LogP) is 3.76. The van der Waals surface area contributed by atoms with Gasteiger partial charge >= 0.3 is 5.97 Å². The van der Waals surface area contributed by atoms with E-state index in [0.29, 0.717) is 6.42 Å². The minimum absolute atomic E-state index is 0.239. The molecular formula is C12H21FO2. The van der Waals surface area contributed by atoms with Crippen molar-refractivity contribution in [2.24, 2.45) is 0 Å². The van der Waals surface area contributed by atoms with Gasteiger partial charge in [-0.1, -0.05) is 39.2 Å². The van der Waals surface area contributed by atoms with Crippen molar-refractivity contribution in [3.8, 4) is 0 Å². The Kier molecular flexibility index (Phi) is 7.96. The molecule has 0 aromatic rings. The molecule has 0 heterocycles. The van der Waals surface area contributed by atoms with Crippen molar-refractivity contribution >= 4 is 5.97 Å². The lowest BCUT2D eigenvalue weighted by Crippen LogP contribution is -2.13. The molecule has 3 heteroatoms. The van der Waals surface area contributed by atoms with E-state index in [1.165, 1.54) is 19.8 Å². The molecule has 0 N–H and O–H groups in total. The summed E-state index contributed by atoms with van der Waals surface area (Å²) in [6, 6.07) is 0. The summed E-state index contributed by atoms with van der Waals surface area (Å²) in [6.07, 6.45) is 4.06. The van der Waals surface area contributed by atoms with Gasteiger partial charge in [-0.3, -0.25) is 0 Å². The molecule has 0 aliphatic heterocycles. The van der Waals surface area contributed by atoms with Crippen LogP contribution >= 0.6 is 0 Å². The van der Waals surface area contributed by atoms with Gasteiger partial charge in [0.05, 0.1) is 0 Å². The third-order valence-electron chi connectivity index (χ3n) is 2.12. The molecule has 0 saturated heterocycles. The van der Waals surface area contributed by atoms with E-state index < -0.39 is 12.3 Å². The van der Waals surface area contributed by atoms with Crippen molar-refractivity contribution in [2.75, 3.05) is 0 Å². The van der Waals surface area contributed by atoms with Gasteiger partial charge in [-0.05, 0) is 13.3 Å². The Bertz CT molecular complexity index is 202. The van der Waals surface area contributed by atoms with E-state index in [4.69, 9.17) is 0 Å². The summed E-state index contributed by atoms with van der Waals surface area (Å²) in [5.41, 5.74) is 0.239. The van der Waals surface area contributed by atoms with Crippen LogP contribution in [-0.4, -0.2) is 12.3 Å². The molecular weight excluding hydrogens is 195 g/mol. The van der Waals surface area contributed by atoms with Crippen LogP contribution in [0.5, 0.6) is 0 Å². The van der Waals surface area contributed by atoms with Crippen LogP contribution in [0.25, 0.3) is 0 Å². The lowest BCUT2D eigenvalue weighted by Gasteiger charge is -2.09. The molecule has 15 heavy (non-hydrogen) atoms. The summed E-state index contributed by atoms with van der Waals surface area (Å²) in [5.74, 6) is -0.643. The molecule has 0 aliphatic carbocycles. The van der Waals surface area contributed by atoms with E-state index in [1.54, 1.807) is 0 Å². The fraction of sp³-hybridized carbons (Fsp3) is 0.750. The van der Waals surface area contributed by atoms with Gasteiger partial charge in [-0.25, -0.2) is 9.18 Å². The zero-order valence-corrected chi connectivity index (χ0v) is 9.72. The number of alkyl halides is 1. The summed E-state index contributed by atoms with van der Waals surface area (Å²) >= 11 is 0. The van der Waals surface area contributed by atoms with E-state index in [2.05, 4.69) is 18.2 Å². The van der Waals surface area contributed by atoms with Crippen molar-refractivity contribution in [3.05, 3.63) is 12.2 Å². The molecule has 0 spiro atoms. The van der Waals surface area contributed by atoms with Crippen LogP contribution in [0.3, 0.4) is 0 Å². The maximum Gasteiger partial charge on any atom is 0.335 e. The molecule has 1 unspecified atom stereocenters. The van der Waals surface area contributed by atoms with Crippen molar-refractivity contribution in [1.82, 2.24) is 0 Å². The van der Waals surface area contributed by atoms with Crippen LogP contribution in [0.15, 0.2) is 12.2 Å². The number of unbranched alkanes of at least 4 members (excludes halogenated alkanes) is 4. The van der Waals surface area contributed by atoms with Gasteiger partial charge in [0.15, 0.2) is 0 Å². The molecule has 0 rings (SSSR count). The first-order valence-corrected chi connectivity index (χ1v) is 5.58. The second kappa shape index (κ2) is 8.45. The van der Waals surface area contributed by atoms with Crippen LogP contribution in [0.1, 0.15) is 52.4 Å². The van der Waals surface area contributed by atoms with Gasteiger partial charge in [-0.2, -0.15) is 0 Å². The van der Waals surface area contributed by atoms with Crippen molar-refractivity contribution < 1.29 is 13.9 Å². The van der Waals surface area contributed by atoms with Crippen LogP contribution < -0.4 is 0 Å². The number of esters is 1. The highest BCUT2D eigenvalue weighted by Gasteiger charge is 2.12. The molecule has 0 aromatic heterocycles. The number of carbonyl (C=O) groups is 1. The minimum Gasteiger partial charge on any atom is -0.428 e. The normalized spacial score (nSPS) is 12.2. The Balaban J connectivity index is 3.45. The van der Waals surface area contributed by atoms with E-state index in [9.17, 15) is 9.18 Å². The van der Waals surface area contributed by atoms with Crippen LogP contribution in [-0.2, 0) is 9.53 Å². The summed E-state index contributed by atoms with van der Waals surface area (Å²) in [5, 5.41) is 0. The second-order valence-electron chi connectivity index (χ2n) is 3.80. The Labute approximate surface area is 91.5 Å². The molecule has 0 aromatic carbocycles. The first-order valence-electron chi connectivity index (χ1n) is 5.58. The van der Waals surface area contributed by atoms with Crippen molar-refractivity contribution in [1.29, 1.82) is 0 Å². The molecule has 0 fully saturated rings. The highest BCUT2D eigenvalue weighted by Crippen LogP contribution is 2.11. The van der Waals surface area contributed by atoms with E-state index in [1.807, 2.05) is 0 Å². The standard InChI is InChI=1S/C12H21FO2/c1-4-5-6-7-8-9-11(13)15-12(14)10(2)3/h11H,2,4-9H2,1,3H3. The summed E-state index contributed by atoms with van der Waals surface area (Å²) in [6.45, 7) is 7.03. The average molecular weight is 216 g/mol. The minimum atomic E-state index is -1.48. The van der Waals surface area contributed by atoms with Gasteiger partial charge < -0.3 is 4.74 Å². The van der Waals surface area contributed by atoms with Gasteiger partial charge in [0, 0.05) is 12.0 Å². The summed E-state index contributed by atoms with van der Waals surface area (Å²) < 4.78 is 17.6. The van der Waals surface area contributed by atoms with Crippen LogP contribution in [0.4, 0.5) is 4.39 Å². The SMILES string of the molecule is C=C(C)C(=O)OC(F)CCCCCCC. The van der Waals surface area contributed by atoms with E-state index in [-0.39, 0.29) is 5.57 Å². The largest absolute Gasteiger partial charge is 0.428 e. The third kappa shape index (κ3) is 8.16. The smallest absolute Gasteiger partial charge is 0.335 e. The zero-order valence-electron chi connectivity index (χ0n) is 9.72. The molecule has 0 saturated carbocycles. The van der Waals surface area contributed by atoms with Crippen LogP contribution in [0.2, 0.25) is 0 Å². The van der Waals surface area contributed by atoms with Gasteiger partial charge in [0.1, 0.15) is 0 Å². The molecule has 0 bridgehead atoms. The Morgan fingerprint density at radius 3 is 2.47 bits per heavy atom. The van der Waals surface area contributed by atoms with Crippen molar-refractivity contribution in [2.45, 2.75) is 58.7 Å². The zero-order chi connectivity index (χ0) is 11.7. The number of ether oxygens (including phenoxy) is 1. The molecule has 2 nitrogen and oxygen atoms in total. The molecule has 88 valence electrons. The fourth-order valence-electron chi connectivity index (χ4n) is 1.18. The van der Waals surface area contributed by atoms with Crippen molar-refractivity contribution in [3.63, 3.8) is 0 Å². The first-order chi connectivity index (χ1) is 7.07. The summed E-state index contributed by atoms with van der Waals surface area (Å²) in [4.78, 5) is 10.9. The number of hydrogen-bond acceptors (Lipinski definition) is 2. The second-order valence-corrected chi connectivity index (χ2v) is 3.80. The average Bonchev–Trinajstić information content (AvgIpc) is 2.17. The molecule has 0 radical (unpaired) electrons. The van der Waals surface area contributed by atoms with Crippen LogP contribution in [0, 0.1) is 0 Å².